The van der Waals surface area contributed by atoms with Gasteiger partial charge < -0.3 is 9.80 Å². The van der Waals surface area contributed by atoms with Crippen molar-refractivity contribution in [3.05, 3.63) is 71.3 Å². The van der Waals surface area contributed by atoms with Crippen LogP contribution in [0.4, 0.5) is 19.0 Å². The molecule has 0 saturated carbocycles. The Morgan fingerprint density at radius 1 is 1.06 bits per heavy atom. The SMILES string of the molecule is Cc1ccc(-c2ncccc2C)c(C(=O)N2CCC3CN(c4ccc(C(F)(F)F)cn4)C3C2)n1. The van der Waals surface area contributed by atoms with Crippen LogP contribution in [0.15, 0.2) is 48.8 Å². The summed E-state index contributed by atoms with van der Waals surface area (Å²) in [5, 5.41) is 0. The fraction of sp³-hybridized carbons (Fsp3) is 0.360. The zero-order valence-corrected chi connectivity index (χ0v) is 18.9. The lowest BCUT2D eigenvalue weighted by Crippen LogP contribution is -2.65. The zero-order chi connectivity index (χ0) is 24.0. The van der Waals surface area contributed by atoms with E-state index >= 15 is 0 Å². The minimum Gasteiger partial charge on any atom is -0.351 e. The third kappa shape index (κ3) is 3.99. The molecule has 5 heterocycles. The number of anilines is 1. The number of alkyl halides is 3. The van der Waals surface area contributed by atoms with Crippen LogP contribution in [0.5, 0.6) is 0 Å². The number of pyridine rings is 3. The van der Waals surface area contributed by atoms with E-state index in [0.717, 1.165) is 42.2 Å². The third-order valence-electron chi connectivity index (χ3n) is 6.71. The molecule has 3 aromatic heterocycles. The number of amides is 1. The van der Waals surface area contributed by atoms with Gasteiger partial charge in [-0.25, -0.2) is 9.97 Å². The summed E-state index contributed by atoms with van der Waals surface area (Å²) in [5.41, 5.74) is 2.74. The normalized spacial score (nSPS) is 20.0. The van der Waals surface area contributed by atoms with Crippen molar-refractivity contribution in [3.63, 3.8) is 0 Å². The molecule has 0 aromatic carbocycles. The van der Waals surface area contributed by atoms with Gasteiger partial charge in [-0.2, -0.15) is 13.2 Å². The van der Waals surface area contributed by atoms with Crippen molar-refractivity contribution in [1.29, 1.82) is 0 Å². The van der Waals surface area contributed by atoms with E-state index < -0.39 is 11.7 Å². The molecule has 176 valence electrons. The molecular formula is C25H24F3N5O. The molecule has 2 aliphatic heterocycles. The Morgan fingerprint density at radius 3 is 2.59 bits per heavy atom. The molecule has 1 amide bonds. The first-order chi connectivity index (χ1) is 16.2. The van der Waals surface area contributed by atoms with E-state index in [0.29, 0.717) is 36.1 Å². The first-order valence-electron chi connectivity index (χ1n) is 11.2. The maximum atomic E-state index is 13.6. The van der Waals surface area contributed by atoms with E-state index in [1.54, 1.807) is 11.1 Å². The second-order valence-corrected chi connectivity index (χ2v) is 8.94. The average Bonchev–Trinajstić information content (AvgIpc) is 2.80. The van der Waals surface area contributed by atoms with Gasteiger partial charge in [-0.3, -0.25) is 9.78 Å². The Hall–Kier alpha value is -3.49. The number of nitrogens with zero attached hydrogens (tertiary/aromatic N) is 5. The standard InChI is InChI=1S/C25H24F3N5O/c1-15-4-3-10-29-22(15)19-7-5-16(2)31-23(19)24(34)32-11-9-17-13-33(20(17)14-32)21-8-6-18(12-30-21)25(26,27)28/h3-8,10,12,17,20H,9,11,13-14H2,1-2H3. The van der Waals surface area contributed by atoms with E-state index in [1.807, 2.05) is 43.0 Å². The number of halogens is 3. The largest absolute Gasteiger partial charge is 0.417 e. The molecule has 2 atom stereocenters. The fourth-order valence-corrected chi connectivity index (χ4v) is 4.80. The van der Waals surface area contributed by atoms with Gasteiger partial charge in [-0.1, -0.05) is 6.07 Å². The molecule has 9 heteroatoms. The van der Waals surface area contributed by atoms with Crippen molar-refractivity contribution in [1.82, 2.24) is 19.9 Å². The van der Waals surface area contributed by atoms with Gasteiger partial charge in [0.05, 0.1) is 17.3 Å². The molecule has 34 heavy (non-hydrogen) atoms. The smallest absolute Gasteiger partial charge is 0.351 e. The summed E-state index contributed by atoms with van der Waals surface area (Å²) in [6.45, 7) is 5.62. The molecule has 2 fully saturated rings. The number of likely N-dealkylation sites (tertiary alicyclic amines) is 1. The van der Waals surface area contributed by atoms with Crippen LogP contribution in [0.2, 0.25) is 0 Å². The summed E-state index contributed by atoms with van der Waals surface area (Å²) in [7, 11) is 0. The molecule has 0 bridgehead atoms. The first kappa shape index (κ1) is 22.3. The van der Waals surface area contributed by atoms with Gasteiger partial charge in [-0.15, -0.1) is 0 Å². The summed E-state index contributed by atoms with van der Waals surface area (Å²) < 4.78 is 38.7. The minimum absolute atomic E-state index is 0.0202. The molecule has 5 rings (SSSR count). The molecule has 0 N–H and O–H groups in total. The van der Waals surface area contributed by atoms with Gasteiger partial charge in [0.15, 0.2) is 0 Å². The number of hydrogen-bond donors (Lipinski definition) is 0. The number of carbonyl (C=O) groups excluding carboxylic acids is 1. The van der Waals surface area contributed by atoms with Crippen molar-refractivity contribution in [2.75, 3.05) is 24.5 Å². The summed E-state index contributed by atoms with van der Waals surface area (Å²) in [6, 6.07) is 10.0. The van der Waals surface area contributed by atoms with Crippen LogP contribution in [0.3, 0.4) is 0 Å². The number of piperidine rings is 1. The monoisotopic (exact) mass is 467 g/mol. The lowest BCUT2D eigenvalue weighted by Gasteiger charge is -2.54. The summed E-state index contributed by atoms with van der Waals surface area (Å²) in [4.78, 5) is 30.5. The quantitative estimate of drug-likeness (QED) is 0.567. The van der Waals surface area contributed by atoms with Crippen LogP contribution in [-0.2, 0) is 6.18 Å². The molecule has 2 saturated heterocycles. The Balaban J connectivity index is 1.38. The predicted octanol–water partition coefficient (Wildman–Crippen LogP) is 4.53. The van der Waals surface area contributed by atoms with E-state index in [2.05, 4.69) is 15.0 Å². The first-order valence-corrected chi connectivity index (χ1v) is 11.2. The lowest BCUT2D eigenvalue weighted by molar-refractivity contribution is -0.137. The summed E-state index contributed by atoms with van der Waals surface area (Å²) in [5.74, 6) is 0.729. The van der Waals surface area contributed by atoms with Gasteiger partial charge >= 0.3 is 6.18 Å². The van der Waals surface area contributed by atoms with Crippen molar-refractivity contribution < 1.29 is 18.0 Å². The van der Waals surface area contributed by atoms with Gasteiger partial charge in [0.25, 0.3) is 5.91 Å². The van der Waals surface area contributed by atoms with Crippen LogP contribution in [0, 0.1) is 19.8 Å². The Labute approximate surface area is 195 Å². The second kappa shape index (κ2) is 8.38. The van der Waals surface area contributed by atoms with Crippen molar-refractivity contribution >= 4 is 11.7 Å². The maximum absolute atomic E-state index is 13.6. The van der Waals surface area contributed by atoms with Gasteiger partial charge in [0.1, 0.15) is 11.5 Å². The van der Waals surface area contributed by atoms with Gasteiger partial charge in [0, 0.05) is 49.2 Å². The van der Waals surface area contributed by atoms with Crippen molar-refractivity contribution in [2.24, 2.45) is 5.92 Å². The number of rotatable bonds is 3. The maximum Gasteiger partial charge on any atom is 0.417 e. The van der Waals surface area contributed by atoms with E-state index in [-0.39, 0.29) is 11.9 Å². The van der Waals surface area contributed by atoms with Gasteiger partial charge in [0.2, 0.25) is 0 Å². The highest BCUT2D eigenvalue weighted by Gasteiger charge is 2.45. The van der Waals surface area contributed by atoms with E-state index in [1.165, 1.54) is 6.07 Å². The van der Waals surface area contributed by atoms with Crippen LogP contribution in [0.1, 0.15) is 33.7 Å². The molecule has 0 aliphatic carbocycles. The third-order valence-corrected chi connectivity index (χ3v) is 6.71. The van der Waals surface area contributed by atoms with Crippen LogP contribution < -0.4 is 4.90 Å². The number of hydrogen-bond acceptors (Lipinski definition) is 5. The molecular weight excluding hydrogens is 443 g/mol. The van der Waals surface area contributed by atoms with Crippen LogP contribution in [0.25, 0.3) is 11.3 Å². The zero-order valence-electron chi connectivity index (χ0n) is 18.9. The highest BCUT2D eigenvalue weighted by atomic mass is 19.4. The highest BCUT2D eigenvalue weighted by Crippen LogP contribution is 2.37. The topological polar surface area (TPSA) is 62.2 Å². The number of aromatic nitrogens is 3. The predicted molar refractivity (Wildman–Crippen MR) is 121 cm³/mol. The summed E-state index contributed by atoms with van der Waals surface area (Å²) >= 11 is 0. The fourth-order valence-electron chi connectivity index (χ4n) is 4.80. The van der Waals surface area contributed by atoms with Crippen LogP contribution >= 0.6 is 0 Å². The molecule has 6 nitrogen and oxygen atoms in total. The van der Waals surface area contributed by atoms with Crippen molar-refractivity contribution in [2.45, 2.75) is 32.5 Å². The number of fused-ring (bicyclic) bond motifs is 1. The lowest BCUT2D eigenvalue weighted by atomic mass is 9.82. The number of carbonyl (C=O) groups is 1. The van der Waals surface area contributed by atoms with Crippen molar-refractivity contribution in [3.8, 4) is 11.3 Å². The highest BCUT2D eigenvalue weighted by molar-refractivity contribution is 5.99. The average molecular weight is 467 g/mol. The molecule has 3 aromatic rings. The second-order valence-electron chi connectivity index (χ2n) is 8.94. The Bertz CT molecular complexity index is 1230. The molecule has 2 aliphatic rings. The summed E-state index contributed by atoms with van der Waals surface area (Å²) in [6.07, 6.45) is -1.02. The Kier molecular flexibility index (Phi) is 5.50. The van der Waals surface area contributed by atoms with E-state index in [9.17, 15) is 18.0 Å². The van der Waals surface area contributed by atoms with Gasteiger partial charge in [-0.05, 0) is 56.2 Å². The van der Waals surface area contributed by atoms with E-state index in [4.69, 9.17) is 0 Å². The Morgan fingerprint density at radius 2 is 1.88 bits per heavy atom. The molecule has 0 spiro atoms. The minimum atomic E-state index is -4.42. The number of aryl methyl sites for hydroxylation is 2. The van der Waals surface area contributed by atoms with Crippen LogP contribution in [-0.4, -0.2) is 51.4 Å². The molecule has 0 radical (unpaired) electrons. The molecule has 2 unspecified atom stereocenters.